The van der Waals surface area contributed by atoms with Gasteiger partial charge >= 0.3 is 0 Å². The fraction of sp³-hybridized carbons (Fsp3) is 0.364. The van der Waals surface area contributed by atoms with Crippen molar-refractivity contribution >= 4 is 11.6 Å². The molecule has 1 saturated carbocycles. The molecular formula is C11H13FN2O. The Hall–Kier alpha value is -1.42. The Balaban J connectivity index is 2.40. The maximum atomic E-state index is 13.0. The van der Waals surface area contributed by atoms with E-state index in [2.05, 4.69) is 5.32 Å². The van der Waals surface area contributed by atoms with Crippen molar-refractivity contribution in [1.82, 2.24) is 0 Å². The Kier molecular flexibility index (Phi) is 2.23. The van der Waals surface area contributed by atoms with Crippen molar-refractivity contribution in [1.29, 1.82) is 0 Å². The van der Waals surface area contributed by atoms with E-state index in [1.165, 1.54) is 19.1 Å². The molecule has 1 aromatic carbocycles. The van der Waals surface area contributed by atoms with Crippen LogP contribution in [0.2, 0.25) is 0 Å². The highest BCUT2D eigenvalue weighted by atomic mass is 19.1. The average Bonchev–Trinajstić information content (AvgIpc) is 2.83. The summed E-state index contributed by atoms with van der Waals surface area (Å²) in [7, 11) is 0. The number of benzene rings is 1. The van der Waals surface area contributed by atoms with Crippen LogP contribution in [0.5, 0.6) is 0 Å². The topological polar surface area (TPSA) is 55.1 Å². The van der Waals surface area contributed by atoms with E-state index in [9.17, 15) is 9.18 Å². The van der Waals surface area contributed by atoms with Crippen molar-refractivity contribution in [3.63, 3.8) is 0 Å². The highest BCUT2D eigenvalue weighted by Crippen LogP contribution is 2.45. The van der Waals surface area contributed by atoms with E-state index in [1.54, 1.807) is 6.07 Å². The van der Waals surface area contributed by atoms with Crippen LogP contribution >= 0.6 is 0 Å². The van der Waals surface area contributed by atoms with E-state index >= 15 is 0 Å². The fourth-order valence-corrected chi connectivity index (χ4v) is 1.65. The van der Waals surface area contributed by atoms with Crippen LogP contribution in [0.3, 0.4) is 0 Å². The molecular weight excluding hydrogens is 195 g/mol. The Morgan fingerprint density at radius 1 is 1.53 bits per heavy atom. The van der Waals surface area contributed by atoms with Crippen molar-refractivity contribution in [2.45, 2.75) is 25.3 Å². The SMILES string of the molecule is CC(=O)Nc1cc(F)ccc1C1(N)CC1. The third-order valence-corrected chi connectivity index (χ3v) is 2.62. The molecule has 1 aliphatic carbocycles. The molecule has 0 aromatic heterocycles. The Morgan fingerprint density at radius 3 is 2.73 bits per heavy atom. The van der Waals surface area contributed by atoms with Gasteiger partial charge in [-0.2, -0.15) is 0 Å². The molecule has 0 saturated heterocycles. The summed E-state index contributed by atoms with van der Waals surface area (Å²) >= 11 is 0. The smallest absolute Gasteiger partial charge is 0.221 e. The number of carbonyl (C=O) groups excluding carboxylic acids is 1. The summed E-state index contributed by atoms with van der Waals surface area (Å²) < 4.78 is 13.0. The van der Waals surface area contributed by atoms with Gasteiger partial charge in [0.15, 0.2) is 0 Å². The first kappa shape index (κ1) is 10.1. The van der Waals surface area contributed by atoms with Crippen LogP contribution in [0.1, 0.15) is 25.3 Å². The summed E-state index contributed by atoms with van der Waals surface area (Å²) in [4.78, 5) is 10.9. The summed E-state index contributed by atoms with van der Waals surface area (Å²) in [6.07, 6.45) is 1.76. The minimum absolute atomic E-state index is 0.217. The van der Waals surface area contributed by atoms with Crippen LogP contribution in [0.15, 0.2) is 18.2 Å². The molecule has 0 aliphatic heterocycles. The predicted molar refractivity (Wildman–Crippen MR) is 55.8 cm³/mol. The molecule has 2 rings (SSSR count). The largest absolute Gasteiger partial charge is 0.326 e. The Bertz CT molecular complexity index is 413. The van der Waals surface area contributed by atoms with E-state index in [0.29, 0.717) is 5.69 Å². The van der Waals surface area contributed by atoms with E-state index in [0.717, 1.165) is 18.4 Å². The normalized spacial score (nSPS) is 17.3. The van der Waals surface area contributed by atoms with Gasteiger partial charge < -0.3 is 11.1 Å². The number of anilines is 1. The number of hydrogen-bond acceptors (Lipinski definition) is 2. The van der Waals surface area contributed by atoms with Crippen LogP contribution in [0.25, 0.3) is 0 Å². The van der Waals surface area contributed by atoms with Crippen molar-refractivity contribution in [2.24, 2.45) is 5.73 Å². The zero-order valence-corrected chi connectivity index (χ0v) is 8.51. The molecule has 0 radical (unpaired) electrons. The van der Waals surface area contributed by atoms with E-state index in [4.69, 9.17) is 5.73 Å². The molecule has 1 amide bonds. The molecule has 4 heteroatoms. The van der Waals surface area contributed by atoms with Gasteiger partial charge in [-0.3, -0.25) is 4.79 Å². The third kappa shape index (κ3) is 1.99. The van der Waals surface area contributed by atoms with Gasteiger partial charge in [0, 0.05) is 18.2 Å². The number of carbonyl (C=O) groups is 1. The molecule has 15 heavy (non-hydrogen) atoms. The molecule has 1 aromatic rings. The van der Waals surface area contributed by atoms with E-state index in [-0.39, 0.29) is 17.3 Å². The number of halogens is 1. The lowest BCUT2D eigenvalue weighted by molar-refractivity contribution is -0.114. The number of rotatable bonds is 2. The molecule has 1 aliphatic rings. The lowest BCUT2D eigenvalue weighted by atomic mass is 10.0. The molecule has 0 heterocycles. The molecule has 80 valence electrons. The van der Waals surface area contributed by atoms with Gasteiger partial charge in [-0.15, -0.1) is 0 Å². The van der Waals surface area contributed by atoms with Crippen molar-refractivity contribution in [2.75, 3.05) is 5.32 Å². The standard InChI is InChI=1S/C11H13FN2O/c1-7(15)14-10-6-8(12)2-3-9(10)11(13)4-5-11/h2-3,6H,4-5,13H2,1H3,(H,14,15). The Labute approximate surface area is 87.5 Å². The minimum Gasteiger partial charge on any atom is -0.326 e. The number of nitrogens with one attached hydrogen (secondary N) is 1. The maximum Gasteiger partial charge on any atom is 0.221 e. The second-order valence-electron chi connectivity index (χ2n) is 4.03. The number of hydrogen-bond donors (Lipinski definition) is 2. The van der Waals surface area contributed by atoms with Crippen molar-refractivity contribution < 1.29 is 9.18 Å². The second kappa shape index (κ2) is 3.31. The van der Waals surface area contributed by atoms with Crippen LogP contribution in [0, 0.1) is 5.82 Å². The fourth-order valence-electron chi connectivity index (χ4n) is 1.65. The number of amides is 1. The van der Waals surface area contributed by atoms with Gasteiger partial charge in [0.05, 0.1) is 0 Å². The first-order chi connectivity index (χ1) is 7.01. The first-order valence-electron chi connectivity index (χ1n) is 4.88. The summed E-state index contributed by atoms with van der Waals surface area (Å²) in [5.41, 5.74) is 6.96. The highest BCUT2D eigenvalue weighted by Gasteiger charge is 2.41. The van der Waals surface area contributed by atoms with E-state index in [1.807, 2.05) is 0 Å². The van der Waals surface area contributed by atoms with Gasteiger partial charge in [0.1, 0.15) is 5.82 Å². The summed E-state index contributed by atoms with van der Waals surface area (Å²) in [5.74, 6) is -0.585. The van der Waals surface area contributed by atoms with Crippen LogP contribution in [-0.4, -0.2) is 5.91 Å². The van der Waals surface area contributed by atoms with Crippen LogP contribution < -0.4 is 11.1 Å². The molecule has 3 N–H and O–H groups in total. The molecule has 1 fully saturated rings. The predicted octanol–water partition coefficient (Wildman–Crippen LogP) is 1.73. The monoisotopic (exact) mass is 208 g/mol. The van der Waals surface area contributed by atoms with Gasteiger partial charge in [-0.25, -0.2) is 4.39 Å². The maximum absolute atomic E-state index is 13.0. The summed E-state index contributed by atoms with van der Waals surface area (Å²) in [6, 6.07) is 4.32. The van der Waals surface area contributed by atoms with Gasteiger partial charge in [-0.05, 0) is 30.5 Å². The average molecular weight is 208 g/mol. The van der Waals surface area contributed by atoms with Crippen LogP contribution in [0.4, 0.5) is 10.1 Å². The number of nitrogens with two attached hydrogens (primary N) is 1. The molecule has 0 atom stereocenters. The highest BCUT2D eigenvalue weighted by molar-refractivity contribution is 5.89. The zero-order valence-electron chi connectivity index (χ0n) is 8.51. The lowest BCUT2D eigenvalue weighted by Gasteiger charge is -2.15. The lowest BCUT2D eigenvalue weighted by Crippen LogP contribution is -2.21. The van der Waals surface area contributed by atoms with Gasteiger partial charge in [0.25, 0.3) is 0 Å². The third-order valence-electron chi connectivity index (χ3n) is 2.62. The first-order valence-corrected chi connectivity index (χ1v) is 4.88. The molecule has 3 nitrogen and oxygen atoms in total. The molecule has 0 spiro atoms. The van der Waals surface area contributed by atoms with Gasteiger partial charge in [-0.1, -0.05) is 6.07 Å². The zero-order chi connectivity index (χ0) is 11.1. The summed E-state index contributed by atoms with van der Waals surface area (Å²) in [6.45, 7) is 1.39. The second-order valence-corrected chi connectivity index (χ2v) is 4.03. The minimum atomic E-state index is -0.370. The Morgan fingerprint density at radius 2 is 2.20 bits per heavy atom. The molecule has 0 bridgehead atoms. The summed E-state index contributed by atoms with van der Waals surface area (Å²) in [5, 5.41) is 2.60. The quantitative estimate of drug-likeness (QED) is 0.777. The molecule has 0 unspecified atom stereocenters. The van der Waals surface area contributed by atoms with E-state index < -0.39 is 0 Å². The van der Waals surface area contributed by atoms with Crippen molar-refractivity contribution in [3.05, 3.63) is 29.6 Å². The van der Waals surface area contributed by atoms with Gasteiger partial charge in [0.2, 0.25) is 5.91 Å². The van der Waals surface area contributed by atoms with Crippen molar-refractivity contribution in [3.8, 4) is 0 Å². The van der Waals surface area contributed by atoms with Crippen LogP contribution in [-0.2, 0) is 10.3 Å².